The minimum Gasteiger partial charge on any atom is -0.497 e. The summed E-state index contributed by atoms with van der Waals surface area (Å²) in [6.45, 7) is 2.01. The molecule has 2 nitrogen and oxygen atoms in total. The Labute approximate surface area is 73.2 Å². The third-order valence-corrected chi connectivity index (χ3v) is 1.83. The van der Waals surface area contributed by atoms with Crippen molar-refractivity contribution < 1.29 is 9.47 Å². The zero-order chi connectivity index (χ0) is 8.97. The van der Waals surface area contributed by atoms with Crippen LogP contribution in [0.5, 0.6) is 0 Å². The van der Waals surface area contributed by atoms with Crippen LogP contribution in [-0.4, -0.2) is 14.2 Å². The lowest BCUT2D eigenvalue weighted by Gasteiger charge is -2.04. The molecule has 0 aromatic carbocycles. The van der Waals surface area contributed by atoms with Crippen LogP contribution in [0.15, 0.2) is 35.3 Å². The van der Waals surface area contributed by atoms with E-state index >= 15 is 0 Å². The van der Waals surface area contributed by atoms with Crippen molar-refractivity contribution in [3.8, 4) is 0 Å². The van der Waals surface area contributed by atoms with Gasteiger partial charge in [0.15, 0.2) is 0 Å². The molecule has 0 fully saturated rings. The largest absolute Gasteiger partial charge is 0.497 e. The van der Waals surface area contributed by atoms with Crippen molar-refractivity contribution in [2.75, 3.05) is 14.2 Å². The first kappa shape index (κ1) is 8.91. The van der Waals surface area contributed by atoms with Crippen LogP contribution in [0.4, 0.5) is 0 Å². The first-order chi connectivity index (χ1) is 5.77. The van der Waals surface area contributed by atoms with E-state index in [-0.39, 0.29) is 0 Å². The van der Waals surface area contributed by atoms with Gasteiger partial charge in [0.2, 0.25) is 0 Å². The van der Waals surface area contributed by atoms with Crippen LogP contribution in [0.2, 0.25) is 0 Å². The highest BCUT2D eigenvalue weighted by molar-refractivity contribution is 5.33. The molecule has 0 spiro atoms. The Bertz CT molecular complexity index is 247. The number of ether oxygens (including phenoxy) is 2. The maximum Gasteiger partial charge on any atom is 0.118 e. The van der Waals surface area contributed by atoms with E-state index in [0.717, 1.165) is 23.5 Å². The Morgan fingerprint density at radius 2 is 1.92 bits per heavy atom. The van der Waals surface area contributed by atoms with Gasteiger partial charge in [-0.1, -0.05) is 0 Å². The lowest BCUT2D eigenvalue weighted by atomic mass is 10.2. The van der Waals surface area contributed by atoms with E-state index in [1.54, 1.807) is 14.2 Å². The smallest absolute Gasteiger partial charge is 0.118 e. The molecule has 0 aromatic rings. The highest BCUT2D eigenvalue weighted by Gasteiger charge is 2.03. The first-order valence-corrected chi connectivity index (χ1v) is 3.95. The molecule has 0 saturated carbocycles. The third-order valence-electron chi connectivity index (χ3n) is 1.83. The lowest BCUT2D eigenvalue weighted by Crippen LogP contribution is -1.88. The van der Waals surface area contributed by atoms with Gasteiger partial charge in [0.05, 0.1) is 14.2 Å². The van der Waals surface area contributed by atoms with Crippen molar-refractivity contribution in [2.24, 2.45) is 0 Å². The summed E-state index contributed by atoms with van der Waals surface area (Å²) in [5.41, 5.74) is 1.10. The summed E-state index contributed by atoms with van der Waals surface area (Å²) in [7, 11) is 3.36. The van der Waals surface area contributed by atoms with Crippen LogP contribution in [-0.2, 0) is 9.47 Å². The van der Waals surface area contributed by atoms with Crippen LogP contribution in [0.3, 0.4) is 0 Å². The van der Waals surface area contributed by atoms with Crippen molar-refractivity contribution in [1.82, 2.24) is 0 Å². The summed E-state index contributed by atoms with van der Waals surface area (Å²) in [4.78, 5) is 0. The number of hydrogen-bond acceptors (Lipinski definition) is 2. The van der Waals surface area contributed by atoms with Crippen LogP contribution < -0.4 is 0 Å². The molecule has 0 radical (unpaired) electrons. The maximum atomic E-state index is 5.18. The quantitative estimate of drug-likeness (QED) is 0.627. The molecule has 1 aliphatic carbocycles. The highest BCUT2D eigenvalue weighted by Crippen LogP contribution is 2.18. The molecular weight excluding hydrogens is 152 g/mol. The summed E-state index contributed by atoms with van der Waals surface area (Å²) in [5, 5.41) is 0. The zero-order valence-corrected chi connectivity index (χ0v) is 7.76. The Morgan fingerprint density at radius 1 is 1.17 bits per heavy atom. The SMILES string of the molecule is COC1=CCC=C(OC)C(C)=C1. The van der Waals surface area contributed by atoms with Gasteiger partial charge in [-0.05, 0) is 37.1 Å². The van der Waals surface area contributed by atoms with E-state index in [4.69, 9.17) is 9.47 Å². The average molecular weight is 166 g/mol. The summed E-state index contributed by atoms with van der Waals surface area (Å²) in [6, 6.07) is 0. The molecule has 0 aliphatic heterocycles. The number of methoxy groups -OCH3 is 2. The van der Waals surface area contributed by atoms with E-state index < -0.39 is 0 Å². The molecular formula is C10H14O2. The molecule has 2 heteroatoms. The minimum absolute atomic E-state index is 0.861. The van der Waals surface area contributed by atoms with Crippen LogP contribution in [0.1, 0.15) is 13.3 Å². The van der Waals surface area contributed by atoms with Gasteiger partial charge >= 0.3 is 0 Å². The normalized spacial score (nSPS) is 17.1. The highest BCUT2D eigenvalue weighted by atomic mass is 16.5. The first-order valence-electron chi connectivity index (χ1n) is 3.95. The van der Waals surface area contributed by atoms with Gasteiger partial charge in [-0.2, -0.15) is 0 Å². The third kappa shape index (κ3) is 1.91. The molecule has 0 amide bonds. The Balaban J connectivity index is 2.85. The topological polar surface area (TPSA) is 18.5 Å². The maximum absolute atomic E-state index is 5.18. The molecule has 12 heavy (non-hydrogen) atoms. The molecule has 0 heterocycles. The van der Waals surface area contributed by atoms with Gasteiger partial charge in [0.1, 0.15) is 11.5 Å². The summed E-state index contributed by atoms with van der Waals surface area (Å²) < 4.78 is 10.3. The molecule has 0 bridgehead atoms. The fraction of sp³-hybridized carbons (Fsp3) is 0.400. The van der Waals surface area contributed by atoms with Crippen molar-refractivity contribution in [3.05, 3.63) is 35.3 Å². The zero-order valence-electron chi connectivity index (χ0n) is 7.76. The van der Waals surface area contributed by atoms with Crippen molar-refractivity contribution in [1.29, 1.82) is 0 Å². The molecule has 1 aliphatic rings. The standard InChI is InChI=1S/C10H14O2/c1-8-7-9(11-2)5-4-6-10(8)12-3/h5-7H,4H2,1-3H3. The predicted molar refractivity (Wildman–Crippen MR) is 48.6 cm³/mol. The van der Waals surface area contributed by atoms with Crippen molar-refractivity contribution in [3.63, 3.8) is 0 Å². The van der Waals surface area contributed by atoms with Gasteiger partial charge in [-0.25, -0.2) is 0 Å². The fourth-order valence-electron chi connectivity index (χ4n) is 1.17. The Hall–Kier alpha value is -1.18. The Morgan fingerprint density at radius 3 is 2.50 bits per heavy atom. The molecule has 0 N–H and O–H groups in total. The van der Waals surface area contributed by atoms with E-state index in [1.165, 1.54) is 0 Å². The molecule has 66 valence electrons. The number of rotatable bonds is 2. The lowest BCUT2D eigenvalue weighted by molar-refractivity contribution is 0.296. The molecule has 0 unspecified atom stereocenters. The van der Waals surface area contributed by atoms with Gasteiger partial charge in [0.25, 0.3) is 0 Å². The second-order valence-electron chi connectivity index (χ2n) is 2.65. The summed E-state index contributed by atoms with van der Waals surface area (Å²) in [5.74, 6) is 1.83. The van der Waals surface area contributed by atoms with Gasteiger partial charge in [-0.15, -0.1) is 0 Å². The predicted octanol–water partition coefficient (Wildman–Crippen LogP) is 2.40. The van der Waals surface area contributed by atoms with Gasteiger partial charge < -0.3 is 9.47 Å². The molecule has 0 saturated heterocycles. The Kier molecular flexibility index (Phi) is 2.97. The van der Waals surface area contributed by atoms with Crippen molar-refractivity contribution in [2.45, 2.75) is 13.3 Å². The number of allylic oxidation sites excluding steroid dienone is 4. The fourth-order valence-corrected chi connectivity index (χ4v) is 1.17. The van der Waals surface area contributed by atoms with E-state index in [0.29, 0.717) is 0 Å². The van der Waals surface area contributed by atoms with E-state index in [2.05, 4.69) is 0 Å². The van der Waals surface area contributed by atoms with Crippen LogP contribution >= 0.6 is 0 Å². The van der Waals surface area contributed by atoms with Crippen LogP contribution in [0, 0.1) is 0 Å². The minimum atomic E-state index is 0.861. The summed E-state index contributed by atoms with van der Waals surface area (Å²) >= 11 is 0. The van der Waals surface area contributed by atoms with Crippen LogP contribution in [0.25, 0.3) is 0 Å². The molecule has 0 aromatic heterocycles. The second-order valence-corrected chi connectivity index (χ2v) is 2.65. The van der Waals surface area contributed by atoms with Gasteiger partial charge in [-0.3, -0.25) is 0 Å². The average Bonchev–Trinajstić information content (AvgIpc) is 2.26. The van der Waals surface area contributed by atoms with E-state index in [1.807, 2.05) is 25.2 Å². The van der Waals surface area contributed by atoms with Gasteiger partial charge in [0, 0.05) is 0 Å². The molecule has 1 rings (SSSR count). The second kappa shape index (κ2) is 4.00. The van der Waals surface area contributed by atoms with E-state index in [9.17, 15) is 0 Å². The monoisotopic (exact) mass is 166 g/mol. The summed E-state index contributed by atoms with van der Waals surface area (Å²) in [6.07, 6.45) is 6.90. The van der Waals surface area contributed by atoms with Crippen molar-refractivity contribution >= 4 is 0 Å². The number of hydrogen-bond donors (Lipinski definition) is 0. The molecule has 0 atom stereocenters.